The summed E-state index contributed by atoms with van der Waals surface area (Å²) < 4.78 is 5.26. The van der Waals surface area contributed by atoms with Crippen LogP contribution >= 0.6 is 0 Å². The zero-order valence-corrected chi connectivity index (χ0v) is 15.8. The average molecular weight is 354 g/mol. The molecule has 2 amide bonds. The van der Waals surface area contributed by atoms with Crippen molar-refractivity contribution in [3.05, 3.63) is 67.3 Å². The molecule has 0 saturated carbocycles. The van der Waals surface area contributed by atoms with Crippen LogP contribution in [0.4, 0.5) is 16.2 Å². The van der Waals surface area contributed by atoms with Gasteiger partial charge in [-0.05, 0) is 51.0 Å². The molecule has 0 atom stereocenters. The lowest BCUT2D eigenvalue weighted by atomic mass is 10.0. The average Bonchev–Trinajstić information content (AvgIpc) is 2.53. The van der Waals surface area contributed by atoms with E-state index in [2.05, 4.69) is 30.4 Å². The second-order valence-corrected chi connectivity index (χ2v) is 6.60. The number of hydrogen-bond donors (Lipinski definition) is 2. The molecular formula is C21H26N2O3. The number of allylic oxidation sites excluding steroid dienone is 3. The Hall–Kier alpha value is -3.08. The first-order valence-electron chi connectivity index (χ1n) is 8.16. The van der Waals surface area contributed by atoms with Crippen LogP contribution in [-0.4, -0.2) is 17.6 Å². The third kappa shape index (κ3) is 6.43. The molecule has 26 heavy (non-hydrogen) atoms. The van der Waals surface area contributed by atoms with Gasteiger partial charge < -0.3 is 10.1 Å². The Labute approximate surface area is 155 Å². The summed E-state index contributed by atoms with van der Waals surface area (Å²) in [5, 5.41) is 5.37. The third-order valence-corrected chi connectivity index (χ3v) is 3.18. The molecule has 138 valence electrons. The maximum absolute atomic E-state index is 12.2. The fourth-order valence-corrected chi connectivity index (χ4v) is 1.96. The molecule has 0 bridgehead atoms. The smallest absolute Gasteiger partial charge is 0.412 e. The molecule has 1 rings (SSSR count). The minimum atomic E-state index is -0.634. The van der Waals surface area contributed by atoms with Gasteiger partial charge in [-0.1, -0.05) is 44.0 Å². The van der Waals surface area contributed by atoms with Crippen LogP contribution in [0, 0.1) is 0 Å². The van der Waals surface area contributed by atoms with E-state index in [1.807, 2.05) is 19.1 Å². The van der Waals surface area contributed by atoms with Crippen molar-refractivity contribution in [2.45, 2.75) is 33.3 Å². The van der Waals surface area contributed by atoms with E-state index in [0.717, 1.165) is 11.1 Å². The second kappa shape index (κ2) is 8.85. The molecule has 5 heteroatoms. The van der Waals surface area contributed by atoms with Crippen LogP contribution in [0.1, 0.15) is 33.3 Å². The van der Waals surface area contributed by atoms with Crippen molar-refractivity contribution < 1.29 is 14.3 Å². The maximum Gasteiger partial charge on any atom is 0.412 e. The summed E-state index contributed by atoms with van der Waals surface area (Å²) in [4.78, 5) is 24.2. The van der Waals surface area contributed by atoms with E-state index < -0.39 is 17.6 Å². The topological polar surface area (TPSA) is 67.4 Å². The van der Waals surface area contributed by atoms with Crippen molar-refractivity contribution in [2.24, 2.45) is 0 Å². The molecule has 0 aliphatic carbocycles. The summed E-state index contributed by atoms with van der Waals surface area (Å²) in [6.45, 7) is 18.3. The number of ether oxygens (including phenoxy) is 1. The minimum absolute atomic E-state index is 0.214. The van der Waals surface area contributed by atoms with E-state index in [1.165, 1.54) is 6.08 Å². The quantitative estimate of drug-likeness (QED) is 0.538. The van der Waals surface area contributed by atoms with E-state index in [4.69, 9.17) is 4.74 Å². The molecule has 1 aromatic rings. The number of anilines is 2. The van der Waals surface area contributed by atoms with Crippen LogP contribution in [0.5, 0.6) is 0 Å². The highest BCUT2D eigenvalue weighted by molar-refractivity contribution is 6.08. The van der Waals surface area contributed by atoms with E-state index in [9.17, 15) is 9.59 Å². The van der Waals surface area contributed by atoms with Gasteiger partial charge in [0.1, 0.15) is 5.60 Å². The van der Waals surface area contributed by atoms with Gasteiger partial charge in [0, 0.05) is 5.57 Å². The zero-order chi connectivity index (χ0) is 19.9. The number of rotatable bonds is 6. The predicted molar refractivity (Wildman–Crippen MR) is 108 cm³/mol. The number of benzene rings is 1. The third-order valence-electron chi connectivity index (χ3n) is 3.18. The number of carbonyl (C=O) groups excluding carboxylic acids is 2. The molecule has 0 aromatic heterocycles. The van der Waals surface area contributed by atoms with Crippen molar-refractivity contribution in [2.75, 3.05) is 10.6 Å². The van der Waals surface area contributed by atoms with Crippen LogP contribution in [0.15, 0.2) is 61.7 Å². The van der Waals surface area contributed by atoms with Crippen molar-refractivity contribution in [3.8, 4) is 0 Å². The predicted octanol–water partition coefficient (Wildman–Crippen LogP) is 5.30. The molecule has 0 radical (unpaired) electrons. The lowest BCUT2D eigenvalue weighted by Gasteiger charge is -2.21. The summed E-state index contributed by atoms with van der Waals surface area (Å²) >= 11 is 0. The monoisotopic (exact) mass is 354 g/mol. The van der Waals surface area contributed by atoms with E-state index in [0.29, 0.717) is 11.4 Å². The molecule has 0 aliphatic rings. The molecule has 2 N–H and O–H groups in total. The Morgan fingerprint density at radius 1 is 1.12 bits per heavy atom. The summed E-state index contributed by atoms with van der Waals surface area (Å²) in [5.41, 5.74) is 1.97. The molecule has 0 heterocycles. The highest BCUT2D eigenvalue weighted by Gasteiger charge is 2.18. The SMILES string of the molecule is C=CC(=C)C(=O)Nc1cc(C(=C)C=CC)ccc1NC(=O)OC(C)(C)C. The van der Waals surface area contributed by atoms with Gasteiger partial charge in [-0.3, -0.25) is 10.1 Å². The summed E-state index contributed by atoms with van der Waals surface area (Å²) in [6.07, 6.45) is 4.46. The van der Waals surface area contributed by atoms with Gasteiger partial charge in [0.15, 0.2) is 0 Å². The van der Waals surface area contributed by atoms with Gasteiger partial charge in [0.25, 0.3) is 5.91 Å². The number of amides is 2. The van der Waals surface area contributed by atoms with Crippen LogP contribution < -0.4 is 10.6 Å². The molecule has 1 aromatic carbocycles. The lowest BCUT2D eigenvalue weighted by molar-refractivity contribution is -0.112. The Balaban J connectivity index is 3.20. The Bertz CT molecular complexity index is 768. The van der Waals surface area contributed by atoms with Crippen LogP contribution in [0.2, 0.25) is 0 Å². The summed E-state index contributed by atoms with van der Waals surface area (Å²) in [7, 11) is 0. The fraction of sp³-hybridized carbons (Fsp3) is 0.238. The molecule has 0 spiro atoms. The normalized spacial score (nSPS) is 10.9. The second-order valence-electron chi connectivity index (χ2n) is 6.60. The molecule has 0 saturated heterocycles. The highest BCUT2D eigenvalue weighted by Crippen LogP contribution is 2.28. The molecule has 0 fully saturated rings. The fourth-order valence-electron chi connectivity index (χ4n) is 1.96. The van der Waals surface area contributed by atoms with Crippen molar-refractivity contribution in [1.29, 1.82) is 0 Å². The minimum Gasteiger partial charge on any atom is -0.444 e. The highest BCUT2D eigenvalue weighted by atomic mass is 16.6. The van der Waals surface area contributed by atoms with Crippen molar-refractivity contribution in [3.63, 3.8) is 0 Å². The molecular weight excluding hydrogens is 328 g/mol. The number of carbonyl (C=O) groups is 2. The van der Waals surface area contributed by atoms with Crippen molar-refractivity contribution in [1.82, 2.24) is 0 Å². The Kier molecular flexibility index (Phi) is 7.14. The lowest BCUT2D eigenvalue weighted by Crippen LogP contribution is -2.27. The first-order valence-corrected chi connectivity index (χ1v) is 8.16. The van der Waals surface area contributed by atoms with Gasteiger partial charge in [-0.25, -0.2) is 4.79 Å². The first-order chi connectivity index (χ1) is 12.1. The standard InChI is InChI=1S/C21H26N2O3/c1-8-10-15(4)16-11-12-17(23-20(25)26-21(5,6)7)18(13-16)22-19(24)14(3)9-2/h8-13H,2-4H2,1,5-7H3,(H,22,24)(H,23,25). The van der Waals surface area contributed by atoms with E-state index in [-0.39, 0.29) is 5.57 Å². The van der Waals surface area contributed by atoms with Gasteiger partial charge in [0.05, 0.1) is 11.4 Å². The van der Waals surface area contributed by atoms with E-state index >= 15 is 0 Å². The van der Waals surface area contributed by atoms with Gasteiger partial charge >= 0.3 is 6.09 Å². The maximum atomic E-state index is 12.2. The van der Waals surface area contributed by atoms with Crippen LogP contribution in [-0.2, 0) is 9.53 Å². The molecule has 0 aliphatic heterocycles. The van der Waals surface area contributed by atoms with Gasteiger partial charge in [0.2, 0.25) is 0 Å². The Morgan fingerprint density at radius 2 is 1.77 bits per heavy atom. The van der Waals surface area contributed by atoms with Crippen molar-refractivity contribution >= 4 is 28.9 Å². The van der Waals surface area contributed by atoms with Gasteiger partial charge in [-0.2, -0.15) is 0 Å². The zero-order valence-electron chi connectivity index (χ0n) is 15.8. The Morgan fingerprint density at radius 3 is 2.31 bits per heavy atom. The van der Waals surface area contributed by atoms with Crippen LogP contribution in [0.25, 0.3) is 5.57 Å². The number of hydrogen-bond acceptors (Lipinski definition) is 3. The molecule has 5 nitrogen and oxygen atoms in total. The van der Waals surface area contributed by atoms with Gasteiger partial charge in [-0.15, -0.1) is 0 Å². The number of nitrogens with one attached hydrogen (secondary N) is 2. The summed E-state index contributed by atoms with van der Waals surface area (Å²) in [5.74, 6) is -0.416. The first kappa shape index (κ1) is 21.0. The van der Waals surface area contributed by atoms with E-state index in [1.54, 1.807) is 39.0 Å². The largest absolute Gasteiger partial charge is 0.444 e. The van der Waals surface area contributed by atoms with Crippen LogP contribution in [0.3, 0.4) is 0 Å². The molecule has 0 unspecified atom stereocenters. The summed E-state index contributed by atoms with van der Waals surface area (Å²) in [6, 6.07) is 5.20.